The van der Waals surface area contributed by atoms with Gasteiger partial charge >= 0.3 is 5.97 Å². The van der Waals surface area contributed by atoms with Gasteiger partial charge in [-0.2, -0.15) is 0 Å². The van der Waals surface area contributed by atoms with Gasteiger partial charge in [-0.05, 0) is 66.4 Å². The monoisotopic (exact) mass is 519 g/mol. The van der Waals surface area contributed by atoms with E-state index in [1.807, 2.05) is 43.3 Å². The van der Waals surface area contributed by atoms with Crippen molar-refractivity contribution in [1.29, 1.82) is 0 Å². The Bertz CT molecular complexity index is 1080. The van der Waals surface area contributed by atoms with Gasteiger partial charge in [0.2, 0.25) is 0 Å². The summed E-state index contributed by atoms with van der Waals surface area (Å²) >= 11 is 5.98. The van der Waals surface area contributed by atoms with Gasteiger partial charge in [-0.3, -0.25) is 0 Å². The summed E-state index contributed by atoms with van der Waals surface area (Å²) in [6, 6.07) is 20.5. The van der Waals surface area contributed by atoms with Crippen LogP contribution in [-0.4, -0.2) is 49.1 Å². The number of aromatic carboxylic acids is 1. The molecule has 0 aliphatic carbocycles. The molecule has 3 N–H and O–H groups in total. The number of nitrogens with one attached hydrogen (secondary N) is 1. The molecule has 1 atom stereocenters. The molecular weight excluding hydrogens is 489 g/mol. The molecule has 188 valence electrons. The van der Waals surface area contributed by atoms with Gasteiger partial charge in [-0.1, -0.05) is 54.1 Å². The van der Waals surface area contributed by atoms with E-state index in [0.717, 1.165) is 35.2 Å². The van der Waals surface area contributed by atoms with E-state index in [9.17, 15) is 15.0 Å². The zero-order valence-corrected chi connectivity index (χ0v) is 21.1. The Kier molecular flexibility index (Phi) is 12.0. The fourth-order valence-electron chi connectivity index (χ4n) is 3.52. The van der Waals surface area contributed by atoms with Crippen LogP contribution in [0.4, 0.5) is 0 Å². The summed E-state index contributed by atoms with van der Waals surface area (Å²) in [5.74, 6) is -0.697. The van der Waals surface area contributed by atoms with E-state index in [-0.39, 0.29) is 24.6 Å². The largest absolute Gasteiger partial charge is 0.490 e. The van der Waals surface area contributed by atoms with Crippen molar-refractivity contribution in [2.45, 2.75) is 19.4 Å². The molecular formula is C27H31Cl2NO5. The third-order valence-electron chi connectivity index (χ3n) is 5.35. The number of benzene rings is 3. The van der Waals surface area contributed by atoms with Crippen LogP contribution >= 0.6 is 24.0 Å². The lowest BCUT2D eigenvalue weighted by molar-refractivity contribution is 0.0687. The first-order valence-electron chi connectivity index (χ1n) is 11.3. The van der Waals surface area contributed by atoms with Crippen LogP contribution in [-0.2, 0) is 11.2 Å². The maximum Gasteiger partial charge on any atom is 0.339 e. The van der Waals surface area contributed by atoms with Crippen molar-refractivity contribution in [3.8, 4) is 16.9 Å². The predicted molar refractivity (Wildman–Crippen MR) is 141 cm³/mol. The number of ether oxygens (including phenoxy) is 2. The van der Waals surface area contributed by atoms with Crippen molar-refractivity contribution in [3.63, 3.8) is 0 Å². The molecule has 3 rings (SSSR count). The van der Waals surface area contributed by atoms with Crippen molar-refractivity contribution in [1.82, 2.24) is 5.32 Å². The smallest absolute Gasteiger partial charge is 0.339 e. The average Bonchev–Trinajstić information content (AvgIpc) is 2.84. The number of carbonyl (C=O) groups is 1. The number of carboxylic acids is 1. The Morgan fingerprint density at radius 2 is 1.77 bits per heavy atom. The molecule has 0 saturated heterocycles. The highest BCUT2D eigenvalue weighted by Crippen LogP contribution is 2.28. The second kappa shape index (κ2) is 14.7. The van der Waals surface area contributed by atoms with Crippen molar-refractivity contribution >= 4 is 30.0 Å². The van der Waals surface area contributed by atoms with Crippen LogP contribution in [0.15, 0.2) is 66.7 Å². The molecule has 0 unspecified atom stereocenters. The molecule has 6 nitrogen and oxygen atoms in total. The minimum absolute atomic E-state index is 0. The van der Waals surface area contributed by atoms with Crippen molar-refractivity contribution in [2.75, 3.05) is 32.9 Å². The molecule has 8 heteroatoms. The summed E-state index contributed by atoms with van der Waals surface area (Å²) < 4.78 is 10.9. The van der Waals surface area contributed by atoms with Crippen molar-refractivity contribution in [2.24, 2.45) is 0 Å². The van der Waals surface area contributed by atoms with Gasteiger partial charge in [0, 0.05) is 18.2 Å². The number of rotatable bonds is 13. The topological polar surface area (TPSA) is 88.0 Å². The zero-order chi connectivity index (χ0) is 24.3. The highest BCUT2D eigenvalue weighted by atomic mass is 35.5. The SMILES string of the molecule is CCOCCOc1cc(-c2ccc(CCNC[C@H](O)c3cccc(Cl)c3)cc2)ccc1C(=O)O.Cl. The van der Waals surface area contributed by atoms with E-state index >= 15 is 0 Å². The molecule has 0 heterocycles. The highest BCUT2D eigenvalue weighted by Gasteiger charge is 2.13. The summed E-state index contributed by atoms with van der Waals surface area (Å²) in [6.45, 7) is 4.34. The molecule has 0 aromatic heterocycles. The van der Waals surface area contributed by atoms with Crippen molar-refractivity contribution in [3.05, 3.63) is 88.4 Å². The summed E-state index contributed by atoms with van der Waals surface area (Å²) in [7, 11) is 0. The van der Waals surface area contributed by atoms with E-state index in [0.29, 0.717) is 30.5 Å². The minimum atomic E-state index is -1.03. The van der Waals surface area contributed by atoms with E-state index in [4.69, 9.17) is 21.1 Å². The van der Waals surface area contributed by atoms with Crippen LogP contribution in [0.1, 0.15) is 34.5 Å². The first-order chi connectivity index (χ1) is 16.5. The molecule has 0 fully saturated rings. The lowest BCUT2D eigenvalue weighted by atomic mass is 10.0. The normalized spacial score (nSPS) is 11.5. The van der Waals surface area contributed by atoms with Crippen LogP contribution in [0.2, 0.25) is 5.02 Å². The Labute approximate surface area is 217 Å². The molecule has 0 amide bonds. The number of aliphatic hydroxyl groups is 1. The number of aliphatic hydroxyl groups excluding tert-OH is 1. The van der Waals surface area contributed by atoms with Crippen LogP contribution in [0.3, 0.4) is 0 Å². The van der Waals surface area contributed by atoms with Gasteiger partial charge < -0.3 is 25.0 Å². The maximum absolute atomic E-state index is 11.5. The average molecular weight is 520 g/mol. The maximum atomic E-state index is 11.5. The Hall–Kier alpha value is -2.61. The van der Waals surface area contributed by atoms with Gasteiger partial charge in [-0.15, -0.1) is 12.4 Å². The molecule has 0 radical (unpaired) electrons. The summed E-state index contributed by atoms with van der Waals surface area (Å²) in [5.41, 5.74) is 3.93. The van der Waals surface area contributed by atoms with Crippen LogP contribution < -0.4 is 10.1 Å². The number of hydrogen-bond acceptors (Lipinski definition) is 5. The third kappa shape index (κ3) is 8.84. The molecule has 0 bridgehead atoms. The summed E-state index contributed by atoms with van der Waals surface area (Å²) in [5, 5.41) is 23.6. The third-order valence-corrected chi connectivity index (χ3v) is 5.59. The van der Waals surface area contributed by atoms with Crippen molar-refractivity contribution < 1.29 is 24.5 Å². The quantitative estimate of drug-likeness (QED) is 0.262. The van der Waals surface area contributed by atoms with Crippen LogP contribution in [0.25, 0.3) is 11.1 Å². The predicted octanol–water partition coefficient (Wildman–Crippen LogP) is 5.41. The van der Waals surface area contributed by atoms with Gasteiger partial charge in [0.25, 0.3) is 0 Å². The second-order valence-corrected chi connectivity index (χ2v) is 8.22. The fourth-order valence-corrected chi connectivity index (χ4v) is 3.72. The Morgan fingerprint density at radius 3 is 2.46 bits per heavy atom. The van der Waals surface area contributed by atoms with Gasteiger partial charge in [0.15, 0.2) is 0 Å². The molecule has 0 spiro atoms. The Morgan fingerprint density at radius 1 is 1.03 bits per heavy atom. The first-order valence-corrected chi connectivity index (χ1v) is 11.7. The Balaban J connectivity index is 0.00000432. The summed E-state index contributed by atoms with van der Waals surface area (Å²) in [6.07, 6.45) is 0.200. The highest BCUT2D eigenvalue weighted by molar-refractivity contribution is 6.30. The first kappa shape index (κ1) is 28.6. The van der Waals surface area contributed by atoms with E-state index in [2.05, 4.69) is 5.32 Å². The van der Waals surface area contributed by atoms with E-state index in [1.165, 1.54) is 0 Å². The molecule has 0 aliphatic rings. The van der Waals surface area contributed by atoms with Gasteiger partial charge in [0.05, 0.1) is 12.7 Å². The molecule has 3 aromatic rings. The lowest BCUT2D eigenvalue weighted by Gasteiger charge is -2.13. The fraction of sp³-hybridized carbons (Fsp3) is 0.296. The zero-order valence-electron chi connectivity index (χ0n) is 19.6. The second-order valence-electron chi connectivity index (χ2n) is 7.78. The standard InChI is InChI=1S/C27H30ClNO5.ClH/c1-2-33-14-15-34-26-17-21(10-11-24(26)27(31)32)20-8-6-19(7-9-20)12-13-29-18-25(30)22-4-3-5-23(28)16-22;/h3-11,16-17,25,29-30H,2,12-15,18H2,1H3,(H,31,32);1H/t25-;/m0./s1. The molecule has 0 aliphatic heterocycles. The van der Waals surface area contributed by atoms with E-state index in [1.54, 1.807) is 30.3 Å². The van der Waals surface area contributed by atoms with E-state index < -0.39 is 12.1 Å². The summed E-state index contributed by atoms with van der Waals surface area (Å²) in [4.78, 5) is 11.5. The van der Waals surface area contributed by atoms with Gasteiger partial charge in [0.1, 0.15) is 17.9 Å². The molecule has 35 heavy (non-hydrogen) atoms. The van der Waals surface area contributed by atoms with Gasteiger partial charge in [-0.25, -0.2) is 4.79 Å². The number of hydrogen-bond donors (Lipinski definition) is 3. The molecule has 0 saturated carbocycles. The number of halogens is 2. The lowest BCUT2D eigenvalue weighted by Crippen LogP contribution is -2.23. The van der Waals surface area contributed by atoms with Crippen LogP contribution in [0, 0.1) is 0 Å². The molecule has 3 aromatic carbocycles. The minimum Gasteiger partial charge on any atom is -0.490 e. The van der Waals surface area contributed by atoms with Crippen LogP contribution in [0.5, 0.6) is 5.75 Å². The number of carboxylic acid groups (broad SMARTS) is 1.